The summed E-state index contributed by atoms with van der Waals surface area (Å²) < 4.78 is 0. The first-order chi connectivity index (χ1) is 7.81. The molecule has 1 unspecified atom stereocenters. The van der Waals surface area contributed by atoms with Crippen LogP contribution in [-0.2, 0) is 12.8 Å². The van der Waals surface area contributed by atoms with Crippen molar-refractivity contribution in [3.63, 3.8) is 0 Å². The molecule has 0 aromatic heterocycles. The summed E-state index contributed by atoms with van der Waals surface area (Å²) in [6, 6.07) is 9.70. The van der Waals surface area contributed by atoms with Crippen LogP contribution in [0.2, 0.25) is 0 Å². The van der Waals surface area contributed by atoms with Gasteiger partial charge in [-0.25, -0.2) is 0 Å². The summed E-state index contributed by atoms with van der Waals surface area (Å²) in [4.78, 5) is 2.55. The molecular formula is C15H23N. The first-order valence-corrected chi connectivity index (χ1v) is 6.58. The first-order valence-electron chi connectivity index (χ1n) is 6.58. The van der Waals surface area contributed by atoms with Crippen molar-refractivity contribution in [3.05, 3.63) is 35.4 Å². The van der Waals surface area contributed by atoms with Crippen molar-refractivity contribution < 1.29 is 0 Å². The summed E-state index contributed by atoms with van der Waals surface area (Å²) in [5.74, 6) is 0. The third-order valence-corrected chi connectivity index (χ3v) is 3.81. The van der Waals surface area contributed by atoms with E-state index in [1.807, 2.05) is 0 Å². The van der Waals surface area contributed by atoms with Gasteiger partial charge in [0.25, 0.3) is 0 Å². The average Bonchev–Trinajstić information content (AvgIpc) is 2.35. The Hall–Kier alpha value is -0.820. The highest BCUT2D eigenvalue weighted by Gasteiger charge is 2.20. The van der Waals surface area contributed by atoms with Crippen molar-refractivity contribution in [2.75, 3.05) is 13.6 Å². The van der Waals surface area contributed by atoms with E-state index in [0.29, 0.717) is 0 Å². The number of aryl methyl sites for hydroxylation is 1. The summed E-state index contributed by atoms with van der Waals surface area (Å²) in [6.45, 7) is 3.52. The minimum Gasteiger partial charge on any atom is -0.303 e. The molecule has 1 aromatic rings. The maximum atomic E-state index is 2.55. The lowest BCUT2D eigenvalue weighted by molar-refractivity contribution is 0.219. The number of likely N-dealkylation sites (N-methyl/N-ethyl adjacent to an activating group) is 1. The van der Waals surface area contributed by atoms with E-state index in [4.69, 9.17) is 0 Å². The first kappa shape index (κ1) is 11.7. The highest BCUT2D eigenvalue weighted by Crippen LogP contribution is 2.23. The van der Waals surface area contributed by atoms with E-state index in [1.54, 1.807) is 11.1 Å². The minimum atomic E-state index is 0.765. The van der Waals surface area contributed by atoms with Crippen LogP contribution in [0.15, 0.2) is 24.3 Å². The molecule has 0 spiro atoms. The molecule has 0 amide bonds. The van der Waals surface area contributed by atoms with E-state index < -0.39 is 0 Å². The van der Waals surface area contributed by atoms with E-state index >= 15 is 0 Å². The van der Waals surface area contributed by atoms with Crippen molar-refractivity contribution in [3.8, 4) is 0 Å². The molecule has 0 bridgehead atoms. The van der Waals surface area contributed by atoms with Crippen molar-refractivity contribution in [1.29, 1.82) is 0 Å². The van der Waals surface area contributed by atoms with Crippen LogP contribution in [0.4, 0.5) is 0 Å². The van der Waals surface area contributed by atoms with Gasteiger partial charge < -0.3 is 4.90 Å². The Morgan fingerprint density at radius 1 is 1.25 bits per heavy atom. The van der Waals surface area contributed by atoms with Crippen LogP contribution in [0.5, 0.6) is 0 Å². The zero-order valence-corrected chi connectivity index (χ0v) is 10.6. The van der Waals surface area contributed by atoms with Gasteiger partial charge in [-0.05, 0) is 50.4 Å². The van der Waals surface area contributed by atoms with Crippen LogP contribution >= 0.6 is 0 Å². The Morgan fingerprint density at radius 3 is 2.75 bits per heavy atom. The number of fused-ring (bicyclic) bond motifs is 1. The van der Waals surface area contributed by atoms with Gasteiger partial charge in [0.2, 0.25) is 0 Å². The maximum Gasteiger partial charge on any atom is 0.0136 e. The number of benzene rings is 1. The zero-order valence-electron chi connectivity index (χ0n) is 10.6. The third kappa shape index (κ3) is 2.65. The van der Waals surface area contributed by atoms with E-state index in [2.05, 4.69) is 43.1 Å². The molecule has 0 saturated carbocycles. The van der Waals surface area contributed by atoms with Gasteiger partial charge in [0, 0.05) is 6.04 Å². The van der Waals surface area contributed by atoms with Gasteiger partial charge >= 0.3 is 0 Å². The molecule has 1 aliphatic rings. The Balaban J connectivity index is 1.97. The molecule has 2 rings (SSSR count). The molecule has 0 aliphatic heterocycles. The Bertz CT molecular complexity index is 332. The molecule has 1 nitrogen and oxygen atoms in total. The summed E-state index contributed by atoms with van der Waals surface area (Å²) in [6.07, 6.45) is 6.47. The lowest BCUT2D eigenvalue weighted by Crippen LogP contribution is -2.37. The molecule has 88 valence electrons. The summed E-state index contributed by atoms with van der Waals surface area (Å²) >= 11 is 0. The smallest absolute Gasteiger partial charge is 0.0136 e. The topological polar surface area (TPSA) is 3.24 Å². The van der Waals surface area contributed by atoms with Crippen LogP contribution in [0, 0.1) is 0 Å². The fourth-order valence-electron chi connectivity index (χ4n) is 2.64. The fraction of sp³-hybridized carbons (Fsp3) is 0.600. The molecule has 1 aromatic carbocycles. The fourth-order valence-corrected chi connectivity index (χ4v) is 2.64. The molecule has 0 fully saturated rings. The van der Waals surface area contributed by atoms with Gasteiger partial charge in [0.15, 0.2) is 0 Å². The van der Waals surface area contributed by atoms with Crippen molar-refractivity contribution in [1.82, 2.24) is 4.90 Å². The van der Waals surface area contributed by atoms with E-state index in [0.717, 1.165) is 6.04 Å². The van der Waals surface area contributed by atoms with Crippen LogP contribution in [0.1, 0.15) is 37.3 Å². The van der Waals surface area contributed by atoms with Gasteiger partial charge in [-0.1, -0.05) is 37.6 Å². The molecular weight excluding hydrogens is 194 g/mol. The van der Waals surface area contributed by atoms with Gasteiger partial charge in [0.1, 0.15) is 0 Å². The highest BCUT2D eigenvalue weighted by atomic mass is 15.1. The van der Waals surface area contributed by atoms with Crippen molar-refractivity contribution >= 4 is 0 Å². The third-order valence-electron chi connectivity index (χ3n) is 3.81. The Kier molecular flexibility index (Phi) is 4.00. The van der Waals surface area contributed by atoms with E-state index in [9.17, 15) is 0 Å². The molecule has 0 radical (unpaired) electrons. The van der Waals surface area contributed by atoms with E-state index in [-0.39, 0.29) is 0 Å². The van der Waals surface area contributed by atoms with Crippen LogP contribution in [0.3, 0.4) is 0 Å². The predicted octanol–water partition coefficient (Wildman–Crippen LogP) is 3.28. The number of rotatable bonds is 4. The SMILES string of the molecule is CCCCN(C)C1CCc2ccccc2C1. The maximum absolute atomic E-state index is 2.55. The van der Waals surface area contributed by atoms with Crippen molar-refractivity contribution in [2.45, 2.75) is 45.1 Å². The molecule has 1 aliphatic carbocycles. The normalized spacial score (nSPS) is 19.8. The number of hydrogen-bond donors (Lipinski definition) is 0. The van der Waals surface area contributed by atoms with Crippen LogP contribution in [-0.4, -0.2) is 24.5 Å². The Morgan fingerprint density at radius 2 is 2.00 bits per heavy atom. The van der Waals surface area contributed by atoms with Gasteiger partial charge in [0.05, 0.1) is 0 Å². The second-order valence-electron chi connectivity index (χ2n) is 5.00. The molecule has 0 heterocycles. The second-order valence-corrected chi connectivity index (χ2v) is 5.00. The van der Waals surface area contributed by atoms with Crippen molar-refractivity contribution in [2.24, 2.45) is 0 Å². The number of unbranched alkanes of at least 4 members (excludes halogenated alkanes) is 1. The lowest BCUT2D eigenvalue weighted by atomic mass is 9.87. The standard InChI is InChI=1S/C15H23N/c1-3-4-11-16(2)15-10-9-13-7-5-6-8-14(13)12-15/h5-8,15H,3-4,9-12H2,1-2H3. The predicted molar refractivity (Wildman–Crippen MR) is 69.8 cm³/mol. The summed E-state index contributed by atoms with van der Waals surface area (Å²) in [5.41, 5.74) is 3.14. The monoisotopic (exact) mass is 217 g/mol. The quantitative estimate of drug-likeness (QED) is 0.748. The largest absolute Gasteiger partial charge is 0.303 e. The van der Waals surface area contributed by atoms with Crippen LogP contribution in [0.25, 0.3) is 0 Å². The van der Waals surface area contributed by atoms with E-state index in [1.165, 1.54) is 38.6 Å². The lowest BCUT2D eigenvalue weighted by Gasteiger charge is -2.32. The zero-order chi connectivity index (χ0) is 11.4. The number of hydrogen-bond acceptors (Lipinski definition) is 1. The summed E-state index contributed by atoms with van der Waals surface area (Å²) in [7, 11) is 2.29. The van der Waals surface area contributed by atoms with Crippen LogP contribution < -0.4 is 0 Å². The van der Waals surface area contributed by atoms with Gasteiger partial charge in [-0.15, -0.1) is 0 Å². The highest BCUT2D eigenvalue weighted by molar-refractivity contribution is 5.30. The summed E-state index contributed by atoms with van der Waals surface area (Å²) in [5, 5.41) is 0. The Labute approximate surface area is 99.5 Å². The second kappa shape index (κ2) is 5.49. The minimum absolute atomic E-state index is 0.765. The number of nitrogens with zero attached hydrogens (tertiary/aromatic N) is 1. The average molecular weight is 217 g/mol. The molecule has 1 heteroatoms. The van der Waals surface area contributed by atoms with Gasteiger partial charge in [-0.3, -0.25) is 0 Å². The molecule has 0 saturated heterocycles. The van der Waals surface area contributed by atoms with Gasteiger partial charge in [-0.2, -0.15) is 0 Å². The molecule has 1 atom stereocenters. The molecule has 0 N–H and O–H groups in total. The molecule has 16 heavy (non-hydrogen) atoms.